The monoisotopic (exact) mass is 327 g/mol. The molecule has 0 saturated carbocycles. The molecule has 0 aromatic heterocycles. The molecule has 0 bridgehead atoms. The van der Waals surface area contributed by atoms with Crippen LogP contribution < -0.4 is 5.32 Å². The van der Waals surface area contributed by atoms with Gasteiger partial charge in [0.15, 0.2) is 0 Å². The Morgan fingerprint density at radius 3 is 2.26 bits per heavy atom. The normalized spacial score (nSPS) is 19.7. The number of hydrogen-bond acceptors (Lipinski definition) is 3. The van der Waals surface area contributed by atoms with E-state index in [0.717, 1.165) is 45.3 Å². The van der Waals surface area contributed by atoms with Crippen molar-refractivity contribution in [2.24, 2.45) is 10.8 Å². The first kappa shape index (κ1) is 20.2. The van der Waals surface area contributed by atoms with Crippen LogP contribution in [-0.2, 0) is 0 Å². The van der Waals surface area contributed by atoms with Crippen LogP contribution >= 0.6 is 0 Å². The lowest BCUT2D eigenvalue weighted by molar-refractivity contribution is 0.0503. The van der Waals surface area contributed by atoms with Crippen LogP contribution in [0.1, 0.15) is 53.4 Å². The Labute approximate surface area is 142 Å². The van der Waals surface area contributed by atoms with Gasteiger partial charge in [0.25, 0.3) is 0 Å². The number of nitrogens with zero attached hydrogens (tertiary/aromatic N) is 2. The van der Waals surface area contributed by atoms with Crippen LogP contribution in [0.15, 0.2) is 0 Å². The van der Waals surface area contributed by atoms with Crippen molar-refractivity contribution in [1.29, 1.82) is 0 Å². The molecule has 23 heavy (non-hydrogen) atoms. The minimum absolute atomic E-state index is 0.0190. The average molecular weight is 328 g/mol. The first-order chi connectivity index (χ1) is 10.6. The summed E-state index contributed by atoms with van der Waals surface area (Å²) < 4.78 is 0. The molecular weight excluding hydrogens is 290 g/mol. The summed E-state index contributed by atoms with van der Waals surface area (Å²) in [7, 11) is 4.12. The minimum Gasteiger partial charge on any atom is -0.396 e. The highest BCUT2D eigenvalue weighted by molar-refractivity contribution is 5.74. The van der Waals surface area contributed by atoms with E-state index in [0.29, 0.717) is 0 Å². The van der Waals surface area contributed by atoms with E-state index in [1.54, 1.807) is 0 Å². The van der Waals surface area contributed by atoms with Gasteiger partial charge in [-0.2, -0.15) is 0 Å². The molecule has 2 amide bonds. The highest BCUT2D eigenvalue weighted by Gasteiger charge is 2.35. The van der Waals surface area contributed by atoms with Gasteiger partial charge in [-0.25, -0.2) is 4.79 Å². The summed E-state index contributed by atoms with van der Waals surface area (Å²) in [6.45, 7) is 11.3. The zero-order valence-electron chi connectivity index (χ0n) is 16.0. The van der Waals surface area contributed by atoms with E-state index >= 15 is 0 Å². The molecule has 136 valence electrons. The summed E-state index contributed by atoms with van der Waals surface area (Å²) in [5, 5.41) is 12.9. The summed E-state index contributed by atoms with van der Waals surface area (Å²) in [6, 6.07) is 0.208. The Hall–Kier alpha value is -0.810. The molecular formula is C18H37N3O2. The van der Waals surface area contributed by atoms with E-state index in [1.165, 1.54) is 0 Å². The smallest absolute Gasteiger partial charge is 0.317 e. The van der Waals surface area contributed by atoms with E-state index in [1.807, 2.05) is 4.90 Å². The van der Waals surface area contributed by atoms with Crippen LogP contribution in [0.4, 0.5) is 4.79 Å². The number of urea groups is 1. The zero-order valence-corrected chi connectivity index (χ0v) is 16.0. The number of hydrogen-bond donors (Lipinski definition) is 2. The van der Waals surface area contributed by atoms with Gasteiger partial charge in [-0.15, -0.1) is 0 Å². The van der Waals surface area contributed by atoms with Crippen molar-refractivity contribution in [1.82, 2.24) is 15.1 Å². The van der Waals surface area contributed by atoms with E-state index in [-0.39, 0.29) is 29.5 Å². The predicted octanol–water partition coefficient (Wildman–Crippen LogP) is 2.55. The van der Waals surface area contributed by atoms with E-state index in [2.05, 4.69) is 52.0 Å². The number of carbonyl (C=O) groups excluding carboxylic acids is 1. The third-order valence-electron chi connectivity index (χ3n) is 5.40. The fourth-order valence-electron chi connectivity index (χ4n) is 3.16. The van der Waals surface area contributed by atoms with Gasteiger partial charge >= 0.3 is 6.03 Å². The van der Waals surface area contributed by atoms with Gasteiger partial charge in [-0.05, 0) is 57.2 Å². The number of aliphatic hydroxyl groups is 1. The van der Waals surface area contributed by atoms with Crippen molar-refractivity contribution in [3.05, 3.63) is 0 Å². The molecule has 1 saturated heterocycles. The molecule has 0 aromatic carbocycles. The SMILES string of the molecule is CCC1(CO)CCN(C(=O)NC(CCN(C)C)C(C)(C)C)CC1. The van der Waals surface area contributed by atoms with Gasteiger partial charge in [0.05, 0.1) is 0 Å². The zero-order chi connectivity index (χ0) is 17.7. The molecule has 0 aromatic rings. The van der Waals surface area contributed by atoms with Gasteiger partial charge in [-0.3, -0.25) is 0 Å². The van der Waals surface area contributed by atoms with Gasteiger partial charge < -0.3 is 20.2 Å². The molecule has 1 aliphatic heterocycles. The molecule has 1 unspecified atom stereocenters. The second kappa shape index (κ2) is 8.34. The summed E-state index contributed by atoms with van der Waals surface area (Å²) in [5.41, 5.74) is 0.0604. The quantitative estimate of drug-likeness (QED) is 0.788. The van der Waals surface area contributed by atoms with Crippen molar-refractivity contribution in [3.8, 4) is 0 Å². The lowest BCUT2D eigenvalue weighted by atomic mass is 9.77. The van der Waals surface area contributed by atoms with Crippen molar-refractivity contribution >= 4 is 6.03 Å². The maximum absolute atomic E-state index is 12.6. The summed E-state index contributed by atoms with van der Waals surface area (Å²) >= 11 is 0. The largest absolute Gasteiger partial charge is 0.396 e. The standard InChI is InChI=1S/C18H37N3O2/c1-7-18(14-22)9-12-21(13-10-18)16(23)19-15(17(2,3)4)8-11-20(5)6/h15,22H,7-14H2,1-6H3,(H,19,23). The Morgan fingerprint density at radius 1 is 1.30 bits per heavy atom. The summed E-state index contributed by atoms with van der Waals surface area (Å²) in [4.78, 5) is 16.7. The molecule has 1 rings (SSSR count). The topological polar surface area (TPSA) is 55.8 Å². The van der Waals surface area contributed by atoms with Gasteiger partial charge in [0, 0.05) is 25.7 Å². The van der Waals surface area contributed by atoms with Crippen molar-refractivity contribution < 1.29 is 9.90 Å². The number of rotatable bonds is 6. The molecule has 2 N–H and O–H groups in total. The fraction of sp³-hybridized carbons (Fsp3) is 0.944. The first-order valence-electron chi connectivity index (χ1n) is 8.94. The number of carbonyl (C=O) groups is 1. The highest BCUT2D eigenvalue weighted by Crippen LogP contribution is 2.34. The molecule has 1 aliphatic rings. The first-order valence-corrected chi connectivity index (χ1v) is 8.94. The molecule has 0 spiro atoms. The van der Waals surface area contributed by atoms with Gasteiger partial charge in [-0.1, -0.05) is 27.7 Å². The van der Waals surface area contributed by atoms with Crippen LogP contribution in [0.5, 0.6) is 0 Å². The Morgan fingerprint density at radius 2 is 1.87 bits per heavy atom. The minimum atomic E-state index is 0.0190. The maximum Gasteiger partial charge on any atom is 0.317 e. The lowest BCUT2D eigenvalue weighted by Gasteiger charge is -2.41. The Balaban J connectivity index is 2.59. The van der Waals surface area contributed by atoms with Gasteiger partial charge in [0.2, 0.25) is 0 Å². The average Bonchev–Trinajstić information content (AvgIpc) is 2.49. The van der Waals surface area contributed by atoms with Crippen LogP contribution in [0.3, 0.4) is 0 Å². The second-order valence-corrected chi connectivity index (χ2v) is 8.46. The molecule has 1 heterocycles. The predicted molar refractivity (Wildman–Crippen MR) is 95.6 cm³/mol. The summed E-state index contributed by atoms with van der Waals surface area (Å²) in [5.74, 6) is 0. The van der Waals surface area contributed by atoms with Crippen molar-refractivity contribution in [2.75, 3.05) is 40.3 Å². The lowest BCUT2D eigenvalue weighted by Crippen LogP contribution is -2.53. The summed E-state index contributed by atoms with van der Waals surface area (Å²) in [6.07, 6.45) is 3.72. The van der Waals surface area contributed by atoms with Gasteiger partial charge in [0.1, 0.15) is 0 Å². The van der Waals surface area contributed by atoms with Crippen LogP contribution in [0.2, 0.25) is 0 Å². The van der Waals surface area contributed by atoms with E-state index in [9.17, 15) is 9.90 Å². The maximum atomic E-state index is 12.6. The third-order valence-corrected chi connectivity index (χ3v) is 5.40. The molecule has 1 atom stereocenters. The van der Waals surface area contributed by atoms with E-state index < -0.39 is 0 Å². The number of piperidine rings is 1. The number of aliphatic hydroxyl groups excluding tert-OH is 1. The van der Waals surface area contributed by atoms with Crippen molar-refractivity contribution in [3.63, 3.8) is 0 Å². The number of nitrogens with one attached hydrogen (secondary N) is 1. The number of likely N-dealkylation sites (tertiary alicyclic amines) is 1. The van der Waals surface area contributed by atoms with Crippen LogP contribution in [0.25, 0.3) is 0 Å². The third kappa shape index (κ3) is 5.96. The van der Waals surface area contributed by atoms with Crippen LogP contribution in [0, 0.1) is 10.8 Å². The fourth-order valence-corrected chi connectivity index (χ4v) is 3.16. The Bertz CT molecular complexity index is 363. The second-order valence-electron chi connectivity index (χ2n) is 8.46. The molecule has 5 nitrogen and oxygen atoms in total. The Kier molecular flexibility index (Phi) is 7.33. The molecule has 5 heteroatoms. The molecule has 0 aliphatic carbocycles. The van der Waals surface area contributed by atoms with E-state index in [4.69, 9.17) is 0 Å². The number of amides is 2. The van der Waals surface area contributed by atoms with Crippen LogP contribution in [-0.4, -0.2) is 67.3 Å². The highest BCUT2D eigenvalue weighted by atomic mass is 16.3. The molecule has 0 radical (unpaired) electrons. The van der Waals surface area contributed by atoms with Crippen molar-refractivity contribution in [2.45, 2.75) is 59.4 Å². The molecule has 1 fully saturated rings.